The Morgan fingerprint density at radius 3 is 2.80 bits per heavy atom. The number of fused-ring (bicyclic) bond motifs is 1. The number of nitrogens with one attached hydrogen (secondary N) is 1. The Morgan fingerprint density at radius 2 is 2.05 bits per heavy atom. The van der Waals surface area contributed by atoms with Crippen molar-refractivity contribution in [3.8, 4) is 0 Å². The van der Waals surface area contributed by atoms with Gasteiger partial charge in [0, 0.05) is 17.8 Å². The minimum Gasteiger partial charge on any atom is -0.465 e. The first-order valence-corrected chi connectivity index (χ1v) is 7.46. The van der Waals surface area contributed by atoms with Crippen LogP contribution in [0.1, 0.15) is 48.0 Å². The highest BCUT2D eigenvalue weighted by Crippen LogP contribution is 2.39. The summed E-state index contributed by atoms with van der Waals surface area (Å²) in [6, 6.07) is 5.85. The van der Waals surface area contributed by atoms with E-state index < -0.39 is 0 Å². The average molecular weight is 271 g/mol. The molecule has 0 radical (unpaired) electrons. The molecule has 1 saturated carbocycles. The molecule has 106 valence electrons. The highest BCUT2D eigenvalue weighted by atomic mass is 16.5. The van der Waals surface area contributed by atoms with E-state index in [0.717, 1.165) is 12.2 Å². The third kappa shape index (κ3) is 2.45. The van der Waals surface area contributed by atoms with Crippen LogP contribution in [-0.4, -0.2) is 19.6 Å². The number of esters is 1. The van der Waals surface area contributed by atoms with Crippen molar-refractivity contribution in [2.75, 3.05) is 19.0 Å². The van der Waals surface area contributed by atoms with Crippen LogP contribution in [0.3, 0.4) is 0 Å². The molecule has 0 bridgehead atoms. The molecule has 1 aromatic carbocycles. The molecule has 0 saturated heterocycles. The third-order valence-corrected chi connectivity index (χ3v) is 4.41. The maximum atomic E-state index is 11.6. The SMILES string of the molecule is COC(=O)c1ccc2c(c1)NCC=C2C1CCCCC1. The Balaban J connectivity index is 1.90. The summed E-state index contributed by atoms with van der Waals surface area (Å²) in [7, 11) is 1.42. The van der Waals surface area contributed by atoms with Crippen molar-refractivity contribution >= 4 is 17.2 Å². The van der Waals surface area contributed by atoms with Gasteiger partial charge in [-0.25, -0.2) is 4.79 Å². The molecular weight excluding hydrogens is 250 g/mol. The first-order chi connectivity index (χ1) is 9.79. The summed E-state index contributed by atoms with van der Waals surface area (Å²) in [6.45, 7) is 0.851. The van der Waals surface area contributed by atoms with Gasteiger partial charge >= 0.3 is 5.97 Å². The van der Waals surface area contributed by atoms with Crippen LogP contribution in [0.25, 0.3) is 5.57 Å². The Labute approximate surface area is 120 Å². The second-order valence-corrected chi connectivity index (χ2v) is 5.63. The normalized spacial score (nSPS) is 18.8. The number of benzene rings is 1. The van der Waals surface area contributed by atoms with Crippen LogP contribution in [0, 0.1) is 5.92 Å². The van der Waals surface area contributed by atoms with Gasteiger partial charge in [-0.2, -0.15) is 0 Å². The van der Waals surface area contributed by atoms with Gasteiger partial charge < -0.3 is 10.1 Å². The second-order valence-electron chi connectivity index (χ2n) is 5.63. The maximum absolute atomic E-state index is 11.6. The van der Waals surface area contributed by atoms with Crippen LogP contribution >= 0.6 is 0 Å². The number of rotatable bonds is 2. The van der Waals surface area contributed by atoms with Crippen LogP contribution < -0.4 is 5.32 Å². The Morgan fingerprint density at radius 1 is 1.25 bits per heavy atom. The molecule has 1 heterocycles. The van der Waals surface area contributed by atoms with Crippen molar-refractivity contribution in [2.24, 2.45) is 5.92 Å². The molecule has 20 heavy (non-hydrogen) atoms. The predicted molar refractivity (Wildman–Crippen MR) is 80.8 cm³/mol. The molecule has 1 aromatic rings. The second kappa shape index (κ2) is 5.70. The summed E-state index contributed by atoms with van der Waals surface area (Å²) in [5.74, 6) is 0.414. The average Bonchev–Trinajstić information content (AvgIpc) is 2.53. The van der Waals surface area contributed by atoms with Crippen LogP contribution in [-0.2, 0) is 4.74 Å². The molecule has 0 amide bonds. The van der Waals surface area contributed by atoms with Crippen LogP contribution in [0.4, 0.5) is 5.69 Å². The fourth-order valence-corrected chi connectivity index (χ4v) is 3.37. The fourth-order valence-electron chi connectivity index (χ4n) is 3.37. The van der Waals surface area contributed by atoms with E-state index in [-0.39, 0.29) is 5.97 Å². The molecule has 1 aliphatic carbocycles. The van der Waals surface area contributed by atoms with E-state index in [9.17, 15) is 4.79 Å². The number of anilines is 1. The van der Waals surface area contributed by atoms with Gasteiger partial charge in [0.05, 0.1) is 12.7 Å². The van der Waals surface area contributed by atoms with Crippen molar-refractivity contribution in [2.45, 2.75) is 32.1 Å². The summed E-state index contributed by atoms with van der Waals surface area (Å²) in [4.78, 5) is 11.6. The summed E-state index contributed by atoms with van der Waals surface area (Å²) < 4.78 is 4.79. The van der Waals surface area contributed by atoms with Gasteiger partial charge in [-0.15, -0.1) is 0 Å². The zero-order valence-electron chi connectivity index (χ0n) is 11.9. The van der Waals surface area contributed by atoms with Crippen molar-refractivity contribution < 1.29 is 9.53 Å². The molecule has 0 aromatic heterocycles. The van der Waals surface area contributed by atoms with E-state index >= 15 is 0 Å². The molecule has 3 rings (SSSR count). The summed E-state index contributed by atoms with van der Waals surface area (Å²) in [6.07, 6.45) is 8.95. The molecule has 0 atom stereocenters. The number of carbonyl (C=O) groups is 1. The largest absolute Gasteiger partial charge is 0.465 e. The molecule has 2 aliphatic rings. The first-order valence-electron chi connectivity index (χ1n) is 7.46. The molecular formula is C17H21NO2. The summed E-state index contributed by atoms with van der Waals surface area (Å²) >= 11 is 0. The zero-order chi connectivity index (χ0) is 13.9. The van der Waals surface area contributed by atoms with Crippen LogP contribution in [0.15, 0.2) is 24.3 Å². The molecule has 1 aliphatic heterocycles. The molecule has 1 N–H and O–H groups in total. The topological polar surface area (TPSA) is 38.3 Å². The predicted octanol–water partition coefficient (Wildman–Crippen LogP) is 3.86. The number of ether oxygens (including phenoxy) is 1. The van der Waals surface area contributed by atoms with Crippen molar-refractivity contribution in [3.63, 3.8) is 0 Å². The van der Waals surface area contributed by atoms with E-state index in [0.29, 0.717) is 11.5 Å². The van der Waals surface area contributed by atoms with Crippen LogP contribution in [0.2, 0.25) is 0 Å². The van der Waals surface area contributed by atoms with Crippen molar-refractivity contribution in [1.82, 2.24) is 0 Å². The molecule has 3 heteroatoms. The highest BCUT2D eigenvalue weighted by molar-refractivity contribution is 5.93. The number of methoxy groups -OCH3 is 1. The number of hydrogen-bond donors (Lipinski definition) is 1. The number of carbonyl (C=O) groups excluding carboxylic acids is 1. The van der Waals surface area contributed by atoms with Gasteiger partial charge in [-0.05, 0) is 36.5 Å². The number of hydrogen-bond acceptors (Lipinski definition) is 3. The molecule has 0 unspecified atom stereocenters. The summed E-state index contributed by atoms with van der Waals surface area (Å²) in [5, 5.41) is 3.37. The quantitative estimate of drug-likeness (QED) is 0.830. The molecule has 3 nitrogen and oxygen atoms in total. The lowest BCUT2D eigenvalue weighted by atomic mass is 9.79. The first kappa shape index (κ1) is 13.2. The van der Waals surface area contributed by atoms with Crippen molar-refractivity contribution in [3.05, 3.63) is 35.4 Å². The van der Waals surface area contributed by atoms with E-state index in [4.69, 9.17) is 4.74 Å². The highest BCUT2D eigenvalue weighted by Gasteiger charge is 2.23. The van der Waals surface area contributed by atoms with Gasteiger partial charge in [0.1, 0.15) is 0 Å². The van der Waals surface area contributed by atoms with Gasteiger partial charge in [0.15, 0.2) is 0 Å². The molecule has 1 fully saturated rings. The lowest BCUT2D eigenvalue weighted by Gasteiger charge is -2.29. The minimum absolute atomic E-state index is 0.275. The minimum atomic E-state index is -0.275. The Hall–Kier alpha value is -1.77. The van der Waals surface area contributed by atoms with Gasteiger partial charge in [-0.1, -0.05) is 31.4 Å². The van der Waals surface area contributed by atoms with E-state index in [2.05, 4.69) is 17.5 Å². The van der Waals surface area contributed by atoms with Crippen LogP contribution in [0.5, 0.6) is 0 Å². The lowest BCUT2D eigenvalue weighted by Crippen LogP contribution is -2.16. The van der Waals surface area contributed by atoms with E-state index in [1.807, 2.05) is 12.1 Å². The standard InChI is InChI=1S/C17H21NO2/c1-20-17(19)13-7-8-15-14(9-10-18-16(15)11-13)12-5-3-2-4-6-12/h7-9,11-12,18H,2-6,10H2,1H3. The van der Waals surface area contributed by atoms with E-state index in [1.165, 1.54) is 50.4 Å². The lowest BCUT2D eigenvalue weighted by molar-refractivity contribution is 0.0601. The monoisotopic (exact) mass is 271 g/mol. The maximum Gasteiger partial charge on any atom is 0.337 e. The molecule has 0 spiro atoms. The van der Waals surface area contributed by atoms with Crippen molar-refractivity contribution in [1.29, 1.82) is 0 Å². The number of allylic oxidation sites excluding steroid dienone is 1. The summed E-state index contributed by atoms with van der Waals surface area (Å²) in [5.41, 5.74) is 4.41. The van der Waals surface area contributed by atoms with Gasteiger partial charge in [-0.3, -0.25) is 0 Å². The van der Waals surface area contributed by atoms with Gasteiger partial charge in [0.2, 0.25) is 0 Å². The Kier molecular flexibility index (Phi) is 3.77. The third-order valence-electron chi connectivity index (χ3n) is 4.41. The fraction of sp³-hybridized carbons (Fsp3) is 0.471. The zero-order valence-corrected chi connectivity index (χ0v) is 11.9. The van der Waals surface area contributed by atoms with E-state index in [1.54, 1.807) is 0 Å². The van der Waals surface area contributed by atoms with Gasteiger partial charge in [0.25, 0.3) is 0 Å². The smallest absolute Gasteiger partial charge is 0.337 e. The Bertz CT molecular complexity index is 542.